The number of ether oxygens (including phenoxy) is 1. The summed E-state index contributed by atoms with van der Waals surface area (Å²) in [6.45, 7) is 9.59. The Bertz CT molecular complexity index is 529. The molecule has 0 bridgehead atoms. The molecule has 1 aromatic rings. The second-order valence-corrected chi connectivity index (χ2v) is 7.67. The fourth-order valence-electron chi connectivity index (χ4n) is 2.99. The lowest BCUT2D eigenvalue weighted by atomic mass is 9.67. The van der Waals surface area contributed by atoms with Gasteiger partial charge >= 0.3 is 0 Å². The molecule has 0 unspecified atom stereocenters. The first-order valence-corrected chi connectivity index (χ1v) is 9.34. The van der Waals surface area contributed by atoms with Crippen molar-refractivity contribution in [3.63, 3.8) is 0 Å². The van der Waals surface area contributed by atoms with Gasteiger partial charge in [-0.05, 0) is 45.4 Å². The molecular weight excluding hydrogens is 435 g/mol. The third-order valence-electron chi connectivity index (χ3n) is 4.61. The van der Waals surface area contributed by atoms with Crippen molar-refractivity contribution in [2.24, 2.45) is 10.4 Å². The first-order chi connectivity index (χ1) is 11.1. The molecule has 0 aliphatic heterocycles. The molecule has 1 aliphatic rings. The first kappa shape index (κ1) is 21.6. The van der Waals surface area contributed by atoms with Gasteiger partial charge in [0.25, 0.3) is 0 Å². The molecule has 138 valence electrons. The molecule has 2 rings (SSSR count). The number of methoxy groups -OCH3 is 1. The number of rotatable bonds is 8. The zero-order chi connectivity index (χ0) is 16.7. The zero-order valence-electron chi connectivity index (χ0n) is 15.3. The summed E-state index contributed by atoms with van der Waals surface area (Å²) in [7, 11) is 1.78. The molecule has 7 heteroatoms. The van der Waals surface area contributed by atoms with Crippen molar-refractivity contribution < 1.29 is 4.74 Å². The highest BCUT2D eigenvalue weighted by atomic mass is 127. The van der Waals surface area contributed by atoms with E-state index in [0.29, 0.717) is 12.0 Å². The van der Waals surface area contributed by atoms with Gasteiger partial charge in [0, 0.05) is 31.7 Å². The first-order valence-electron chi connectivity index (χ1n) is 8.52. The summed E-state index contributed by atoms with van der Waals surface area (Å²) in [5.74, 6) is 0.904. The van der Waals surface area contributed by atoms with E-state index in [9.17, 15) is 0 Å². The van der Waals surface area contributed by atoms with Crippen LogP contribution < -0.4 is 10.6 Å². The molecule has 1 aromatic heterocycles. The summed E-state index contributed by atoms with van der Waals surface area (Å²) in [5, 5.41) is 7.99. The minimum Gasteiger partial charge on any atom is -0.385 e. The van der Waals surface area contributed by atoms with E-state index >= 15 is 0 Å². The SMILES string of the molecule is CCNC(=NCc1sc(C)nc1C)NCC1(CCOC)CCC1.I. The molecule has 1 aliphatic carbocycles. The number of aromatic nitrogens is 1. The summed E-state index contributed by atoms with van der Waals surface area (Å²) in [5.41, 5.74) is 1.49. The van der Waals surface area contributed by atoms with Crippen LogP contribution in [0.1, 0.15) is 48.2 Å². The second kappa shape index (κ2) is 10.6. The minimum absolute atomic E-state index is 0. The third kappa shape index (κ3) is 6.15. The molecule has 24 heavy (non-hydrogen) atoms. The van der Waals surface area contributed by atoms with Gasteiger partial charge in [0.1, 0.15) is 0 Å². The van der Waals surface area contributed by atoms with Gasteiger partial charge in [0.05, 0.1) is 17.2 Å². The molecule has 1 fully saturated rings. The van der Waals surface area contributed by atoms with Crippen molar-refractivity contribution in [1.82, 2.24) is 15.6 Å². The molecule has 2 N–H and O–H groups in total. The van der Waals surface area contributed by atoms with E-state index in [4.69, 9.17) is 9.73 Å². The smallest absolute Gasteiger partial charge is 0.191 e. The standard InChI is InChI=1S/C17H30N4OS.HI/c1-5-18-16(19-11-15-13(2)21-14(3)23-15)20-12-17(7-6-8-17)9-10-22-4;/h5-12H2,1-4H3,(H2,18,19,20);1H. The topological polar surface area (TPSA) is 58.5 Å². The van der Waals surface area contributed by atoms with Crippen LogP contribution in [-0.2, 0) is 11.3 Å². The lowest BCUT2D eigenvalue weighted by Crippen LogP contribution is -2.46. The number of aliphatic imine (C=N–C) groups is 1. The van der Waals surface area contributed by atoms with Crippen LogP contribution in [-0.4, -0.2) is 37.7 Å². The van der Waals surface area contributed by atoms with E-state index in [2.05, 4.69) is 29.5 Å². The maximum absolute atomic E-state index is 5.27. The number of hydrogen-bond donors (Lipinski definition) is 2. The Kier molecular flexibility index (Phi) is 9.51. The summed E-state index contributed by atoms with van der Waals surface area (Å²) in [4.78, 5) is 10.5. The van der Waals surface area contributed by atoms with Crippen molar-refractivity contribution in [3.8, 4) is 0 Å². The predicted molar refractivity (Wildman–Crippen MR) is 113 cm³/mol. The van der Waals surface area contributed by atoms with Crippen LogP contribution in [0, 0.1) is 19.3 Å². The molecule has 0 atom stereocenters. The highest BCUT2D eigenvalue weighted by Gasteiger charge is 2.36. The Morgan fingerprint density at radius 3 is 2.58 bits per heavy atom. The van der Waals surface area contributed by atoms with E-state index < -0.39 is 0 Å². The molecule has 0 amide bonds. The number of halogens is 1. The highest BCUT2D eigenvalue weighted by molar-refractivity contribution is 14.0. The van der Waals surface area contributed by atoms with Gasteiger partial charge in [-0.3, -0.25) is 0 Å². The Hall–Kier alpha value is -0.410. The van der Waals surface area contributed by atoms with Gasteiger partial charge in [-0.15, -0.1) is 35.3 Å². The van der Waals surface area contributed by atoms with Crippen LogP contribution in [0.15, 0.2) is 4.99 Å². The Morgan fingerprint density at radius 2 is 2.08 bits per heavy atom. The summed E-state index contributed by atoms with van der Waals surface area (Å²) in [6, 6.07) is 0. The largest absolute Gasteiger partial charge is 0.385 e. The van der Waals surface area contributed by atoms with Crippen molar-refractivity contribution in [2.75, 3.05) is 26.8 Å². The molecule has 0 aromatic carbocycles. The van der Waals surface area contributed by atoms with Crippen LogP contribution >= 0.6 is 35.3 Å². The van der Waals surface area contributed by atoms with E-state index in [1.54, 1.807) is 18.4 Å². The Balaban J connectivity index is 0.00000288. The van der Waals surface area contributed by atoms with Crippen molar-refractivity contribution in [1.29, 1.82) is 0 Å². The monoisotopic (exact) mass is 466 g/mol. The number of aryl methyl sites for hydroxylation is 2. The molecule has 0 spiro atoms. The van der Waals surface area contributed by atoms with Crippen LogP contribution in [0.5, 0.6) is 0 Å². The lowest BCUT2D eigenvalue weighted by molar-refractivity contribution is 0.0732. The van der Waals surface area contributed by atoms with Crippen LogP contribution in [0.25, 0.3) is 0 Å². The van der Waals surface area contributed by atoms with Crippen LogP contribution in [0.4, 0.5) is 0 Å². The summed E-state index contributed by atoms with van der Waals surface area (Å²) in [6.07, 6.45) is 5.04. The van der Waals surface area contributed by atoms with E-state index in [0.717, 1.165) is 42.8 Å². The van der Waals surface area contributed by atoms with Gasteiger partial charge in [-0.25, -0.2) is 9.98 Å². The van der Waals surface area contributed by atoms with Gasteiger partial charge in [0.15, 0.2) is 5.96 Å². The molecule has 1 heterocycles. The molecular formula is C17H31IN4OS. The van der Waals surface area contributed by atoms with Crippen LogP contribution in [0.2, 0.25) is 0 Å². The number of hydrogen-bond acceptors (Lipinski definition) is 4. The van der Waals surface area contributed by atoms with E-state index in [1.807, 2.05) is 6.92 Å². The van der Waals surface area contributed by atoms with Gasteiger partial charge in [0.2, 0.25) is 0 Å². The van der Waals surface area contributed by atoms with Crippen molar-refractivity contribution >= 4 is 41.3 Å². The number of nitrogens with zero attached hydrogens (tertiary/aromatic N) is 2. The fourth-order valence-corrected chi connectivity index (χ4v) is 3.86. The van der Waals surface area contributed by atoms with E-state index in [-0.39, 0.29) is 24.0 Å². The average molecular weight is 466 g/mol. The normalized spacial score (nSPS) is 16.2. The van der Waals surface area contributed by atoms with E-state index in [1.165, 1.54) is 24.1 Å². The third-order valence-corrected chi connectivity index (χ3v) is 5.66. The minimum atomic E-state index is 0. The Morgan fingerprint density at radius 1 is 1.33 bits per heavy atom. The summed E-state index contributed by atoms with van der Waals surface area (Å²) < 4.78 is 5.27. The molecule has 5 nitrogen and oxygen atoms in total. The van der Waals surface area contributed by atoms with Gasteiger partial charge < -0.3 is 15.4 Å². The second-order valence-electron chi connectivity index (χ2n) is 6.39. The molecule has 1 saturated carbocycles. The number of nitrogens with one attached hydrogen (secondary N) is 2. The fraction of sp³-hybridized carbons (Fsp3) is 0.765. The number of thiazole rings is 1. The predicted octanol–water partition coefficient (Wildman–Crippen LogP) is 3.64. The van der Waals surface area contributed by atoms with Gasteiger partial charge in [-0.1, -0.05) is 6.42 Å². The maximum Gasteiger partial charge on any atom is 0.191 e. The van der Waals surface area contributed by atoms with Crippen molar-refractivity contribution in [2.45, 2.75) is 53.0 Å². The molecule has 0 radical (unpaired) electrons. The zero-order valence-corrected chi connectivity index (χ0v) is 18.4. The molecule has 0 saturated heterocycles. The average Bonchev–Trinajstić information content (AvgIpc) is 2.81. The van der Waals surface area contributed by atoms with Crippen LogP contribution in [0.3, 0.4) is 0 Å². The lowest BCUT2D eigenvalue weighted by Gasteiger charge is -2.42. The highest BCUT2D eigenvalue weighted by Crippen LogP contribution is 2.43. The quantitative estimate of drug-likeness (QED) is 0.349. The summed E-state index contributed by atoms with van der Waals surface area (Å²) >= 11 is 1.73. The Labute approximate surface area is 167 Å². The van der Waals surface area contributed by atoms with Gasteiger partial charge in [-0.2, -0.15) is 0 Å². The number of guanidine groups is 1. The van der Waals surface area contributed by atoms with Crippen molar-refractivity contribution in [3.05, 3.63) is 15.6 Å². The maximum atomic E-state index is 5.27.